The fraction of sp³-hybridized carbons (Fsp3) is 0.483. The monoisotopic (exact) mass is 619 g/mol. The van der Waals surface area contributed by atoms with Crippen LogP contribution in [-0.4, -0.2) is 97.2 Å². The zero-order valence-corrected chi connectivity index (χ0v) is 25.3. The molecule has 0 saturated carbocycles. The van der Waals surface area contributed by atoms with Crippen LogP contribution in [-0.2, 0) is 63.8 Å². The molecule has 1 heterocycles. The van der Waals surface area contributed by atoms with E-state index in [-0.39, 0.29) is 12.5 Å². The molecule has 0 bridgehead atoms. The molecule has 5 atom stereocenters. The zero-order chi connectivity index (χ0) is 33.0. The van der Waals surface area contributed by atoms with E-state index in [2.05, 4.69) is 10.6 Å². The molecule has 0 spiro atoms. The third-order valence-corrected chi connectivity index (χ3v) is 6.18. The van der Waals surface area contributed by atoms with Crippen molar-refractivity contribution in [3.63, 3.8) is 0 Å². The number of rotatable bonds is 13. The quantitative estimate of drug-likeness (QED) is 0.220. The highest BCUT2D eigenvalue weighted by Crippen LogP contribution is 2.27. The summed E-state index contributed by atoms with van der Waals surface area (Å²) >= 11 is 0. The number of carbonyl (C=O) groups is 7. The number of hydrogen-bond acceptors (Lipinski definition) is 12. The molecule has 0 aliphatic carbocycles. The minimum atomic E-state index is -1.58. The van der Waals surface area contributed by atoms with Crippen LogP contribution in [0.4, 0.5) is 0 Å². The second-order valence-electron chi connectivity index (χ2n) is 9.81. The van der Waals surface area contributed by atoms with Crippen LogP contribution in [0.1, 0.15) is 40.2 Å². The lowest BCUT2D eigenvalue weighted by molar-refractivity contribution is -0.188. The molecule has 1 aromatic rings. The Morgan fingerprint density at radius 3 is 2.05 bits per heavy atom. The SMILES string of the molecule is COC(=O)C1=C[C@H](NC(=O)CN(Cc2ccccc2)C(C)=O)[C@@H](NC(C)=O)[C@H]([C@H](OC(C)=O)[C@@H](COC(C)=O)OC(C)=O)O1. The third kappa shape index (κ3) is 11.0. The Labute approximate surface area is 254 Å². The van der Waals surface area contributed by atoms with Gasteiger partial charge in [-0.05, 0) is 11.6 Å². The summed E-state index contributed by atoms with van der Waals surface area (Å²) in [5.41, 5.74) is 0.777. The van der Waals surface area contributed by atoms with Gasteiger partial charge in [0, 0.05) is 41.2 Å². The molecule has 2 rings (SSSR count). The number of carbonyl (C=O) groups excluding carboxylic acids is 7. The smallest absolute Gasteiger partial charge is 0.373 e. The molecule has 15 nitrogen and oxygen atoms in total. The Hall–Kier alpha value is -4.95. The minimum absolute atomic E-state index is 0.132. The maximum Gasteiger partial charge on any atom is 0.373 e. The summed E-state index contributed by atoms with van der Waals surface area (Å²) in [6.07, 6.45) is -3.35. The van der Waals surface area contributed by atoms with E-state index in [9.17, 15) is 33.6 Å². The number of benzene rings is 1. The fourth-order valence-electron chi connectivity index (χ4n) is 4.40. The second kappa shape index (κ2) is 16.6. The Kier molecular flexibility index (Phi) is 13.3. The molecule has 0 radical (unpaired) electrons. The van der Waals surface area contributed by atoms with E-state index in [1.807, 2.05) is 6.07 Å². The summed E-state index contributed by atoms with van der Waals surface area (Å²) in [5, 5.41) is 5.29. The lowest BCUT2D eigenvalue weighted by Gasteiger charge is -2.42. The molecule has 0 unspecified atom stereocenters. The van der Waals surface area contributed by atoms with Crippen LogP contribution >= 0.6 is 0 Å². The van der Waals surface area contributed by atoms with Crippen molar-refractivity contribution in [2.45, 2.75) is 71.6 Å². The van der Waals surface area contributed by atoms with Gasteiger partial charge in [-0.2, -0.15) is 0 Å². The molecular formula is C29H37N3O12. The number of nitrogens with zero attached hydrogens (tertiary/aromatic N) is 1. The van der Waals surface area contributed by atoms with Crippen LogP contribution in [0.2, 0.25) is 0 Å². The predicted octanol–water partition coefficient (Wildman–Crippen LogP) is -0.0932. The Bertz CT molecular complexity index is 1270. The highest BCUT2D eigenvalue weighted by Gasteiger charge is 2.48. The first-order valence-electron chi connectivity index (χ1n) is 13.5. The van der Waals surface area contributed by atoms with Crippen molar-refractivity contribution in [3.05, 3.63) is 47.7 Å². The molecular weight excluding hydrogens is 582 g/mol. The number of ether oxygens (including phenoxy) is 5. The summed E-state index contributed by atoms with van der Waals surface area (Å²) in [7, 11) is 1.08. The molecule has 44 heavy (non-hydrogen) atoms. The predicted molar refractivity (Wildman–Crippen MR) is 150 cm³/mol. The largest absolute Gasteiger partial charge is 0.477 e. The molecule has 1 aliphatic heterocycles. The van der Waals surface area contributed by atoms with Crippen LogP contribution < -0.4 is 10.6 Å². The lowest BCUT2D eigenvalue weighted by Crippen LogP contribution is -2.65. The van der Waals surface area contributed by atoms with E-state index in [0.29, 0.717) is 0 Å². The van der Waals surface area contributed by atoms with Gasteiger partial charge in [-0.15, -0.1) is 0 Å². The molecule has 1 aliphatic rings. The molecule has 0 aromatic heterocycles. The molecule has 3 amide bonds. The summed E-state index contributed by atoms with van der Waals surface area (Å²) in [5.74, 6) is -5.49. The number of methoxy groups -OCH3 is 1. The Morgan fingerprint density at radius 1 is 0.886 bits per heavy atom. The topological polar surface area (TPSA) is 193 Å². The fourth-order valence-corrected chi connectivity index (χ4v) is 4.40. The molecule has 240 valence electrons. The van der Waals surface area contributed by atoms with Gasteiger partial charge in [0.2, 0.25) is 23.5 Å². The first kappa shape index (κ1) is 35.2. The lowest BCUT2D eigenvalue weighted by atomic mass is 9.91. The van der Waals surface area contributed by atoms with Crippen LogP contribution in [0.5, 0.6) is 0 Å². The highest BCUT2D eigenvalue weighted by atomic mass is 16.6. The molecule has 0 saturated heterocycles. The van der Waals surface area contributed by atoms with Gasteiger partial charge in [0.15, 0.2) is 18.3 Å². The van der Waals surface area contributed by atoms with Crippen molar-refractivity contribution in [2.75, 3.05) is 20.3 Å². The molecule has 15 heteroatoms. The minimum Gasteiger partial charge on any atom is -0.477 e. The highest BCUT2D eigenvalue weighted by molar-refractivity contribution is 5.88. The number of hydrogen-bond donors (Lipinski definition) is 2. The second-order valence-corrected chi connectivity index (χ2v) is 9.81. The van der Waals surface area contributed by atoms with Crippen molar-refractivity contribution in [3.8, 4) is 0 Å². The van der Waals surface area contributed by atoms with Gasteiger partial charge in [-0.3, -0.25) is 28.8 Å². The van der Waals surface area contributed by atoms with Crippen molar-refractivity contribution in [1.82, 2.24) is 15.5 Å². The first-order valence-corrected chi connectivity index (χ1v) is 13.5. The van der Waals surface area contributed by atoms with Crippen LogP contribution in [0.3, 0.4) is 0 Å². The summed E-state index contributed by atoms with van der Waals surface area (Å²) in [6.45, 7) is 4.87. The van der Waals surface area contributed by atoms with Crippen molar-refractivity contribution in [2.24, 2.45) is 0 Å². The van der Waals surface area contributed by atoms with Crippen LogP contribution in [0.15, 0.2) is 42.2 Å². The maximum absolute atomic E-state index is 13.3. The van der Waals surface area contributed by atoms with Crippen molar-refractivity contribution < 1.29 is 57.2 Å². The number of amides is 3. The van der Waals surface area contributed by atoms with E-state index in [1.165, 1.54) is 24.8 Å². The van der Waals surface area contributed by atoms with Crippen molar-refractivity contribution in [1.29, 1.82) is 0 Å². The van der Waals surface area contributed by atoms with E-state index in [1.54, 1.807) is 24.3 Å². The summed E-state index contributed by atoms with van der Waals surface area (Å²) < 4.78 is 26.4. The van der Waals surface area contributed by atoms with Gasteiger partial charge in [0.05, 0.1) is 25.7 Å². The van der Waals surface area contributed by atoms with Crippen LogP contribution in [0.25, 0.3) is 0 Å². The number of nitrogens with one attached hydrogen (secondary N) is 2. The summed E-state index contributed by atoms with van der Waals surface area (Å²) in [4.78, 5) is 87.6. The summed E-state index contributed by atoms with van der Waals surface area (Å²) in [6, 6.07) is 6.53. The first-order chi connectivity index (χ1) is 20.7. The van der Waals surface area contributed by atoms with Gasteiger partial charge < -0.3 is 39.2 Å². The van der Waals surface area contributed by atoms with Gasteiger partial charge >= 0.3 is 23.9 Å². The Morgan fingerprint density at radius 2 is 1.52 bits per heavy atom. The van der Waals surface area contributed by atoms with Gasteiger partial charge in [-0.25, -0.2) is 4.79 Å². The van der Waals surface area contributed by atoms with E-state index < -0.39 is 85.0 Å². The normalized spacial score (nSPS) is 18.6. The van der Waals surface area contributed by atoms with Gasteiger partial charge in [0.25, 0.3) is 0 Å². The number of esters is 4. The van der Waals surface area contributed by atoms with E-state index >= 15 is 0 Å². The van der Waals surface area contributed by atoms with Gasteiger partial charge in [-0.1, -0.05) is 30.3 Å². The van der Waals surface area contributed by atoms with Crippen molar-refractivity contribution >= 4 is 41.6 Å². The average Bonchev–Trinajstić information content (AvgIpc) is 2.94. The molecule has 1 aromatic carbocycles. The average molecular weight is 620 g/mol. The maximum atomic E-state index is 13.3. The standard InChI is InChI=1S/C29H37N3O12/c1-16(33)30-26-22(31-25(38)14-32(17(2)34)13-21-10-8-7-9-11-21)12-23(29(39)40-6)44-28(26)27(43-20(5)37)24(42-19(4)36)15-41-18(3)35/h7-12,22,24,26-28H,13-15H2,1-6H3,(H,30,33)(H,31,38)/t22-,24+,26+,27+,28+/m0/s1. The zero-order valence-electron chi connectivity index (χ0n) is 25.3. The third-order valence-electron chi connectivity index (χ3n) is 6.18. The van der Waals surface area contributed by atoms with Gasteiger partial charge in [0.1, 0.15) is 6.61 Å². The van der Waals surface area contributed by atoms with E-state index in [4.69, 9.17) is 23.7 Å². The van der Waals surface area contributed by atoms with E-state index in [0.717, 1.165) is 33.4 Å². The van der Waals surface area contributed by atoms with Crippen LogP contribution in [0, 0.1) is 0 Å². The molecule has 0 fully saturated rings. The molecule has 2 N–H and O–H groups in total. The Balaban J connectivity index is 2.52.